The highest BCUT2D eigenvalue weighted by Crippen LogP contribution is 2.31. The van der Waals surface area contributed by atoms with E-state index in [1.54, 1.807) is 29.2 Å². The lowest BCUT2D eigenvalue weighted by Gasteiger charge is -2.04. The Morgan fingerprint density at radius 3 is 3.10 bits per heavy atom. The molecule has 0 fully saturated rings. The Morgan fingerprint density at radius 1 is 1.45 bits per heavy atom. The molecule has 1 aliphatic heterocycles. The van der Waals surface area contributed by atoms with E-state index >= 15 is 0 Å². The average molecular weight is 290 g/mol. The number of amides is 1. The molecule has 0 radical (unpaired) electrons. The van der Waals surface area contributed by atoms with Crippen molar-refractivity contribution in [1.29, 1.82) is 0 Å². The third-order valence-electron chi connectivity index (χ3n) is 3.01. The number of hydrogen-bond donors (Lipinski definition) is 2. The molecule has 0 spiro atoms. The first-order valence-corrected chi connectivity index (χ1v) is 6.53. The molecule has 0 bridgehead atoms. The molecule has 6 nitrogen and oxygen atoms in total. The highest BCUT2D eigenvalue weighted by molar-refractivity contribution is 6.33. The number of nitrogens with one attached hydrogen (secondary N) is 2. The lowest BCUT2D eigenvalue weighted by Crippen LogP contribution is -2.07. The second-order valence-corrected chi connectivity index (χ2v) is 4.61. The maximum atomic E-state index is 11.9. The predicted octanol–water partition coefficient (Wildman–Crippen LogP) is 2.36. The molecule has 0 aliphatic carbocycles. The Morgan fingerprint density at radius 2 is 2.30 bits per heavy atom. The zero-order valence-corrected chi connectivity index (χ0v) is 11.5. The molecular formula is C13H12ClN5O. The number of aryl methyl sites for hydroxylation is 1. The van der Waals surface area contributed by atoms with E-state index < -0.39 is 0 Å². The molecule has 2 aromatic rings. The smallest absolute Gasteiger partial charge is 0.259 e. The van der Waals surface area contributed by atoms with Gasteiger partial charge in [-0.05, 0) is 19.1 Å². The minimum Gasteiger partial charge on any atom is -0.346 e. The van der Waals surface area contributed by atoms with Crippen LogP contribution in [-0.4, -0.2) is 20.7 Å². The first-order valence-electron chi connectivity index (χ1n) is 6.16. The normalized spacial score (nSPS) is 15.3. The van der Waals surface area contributed by atoms with Crippen molar-refractivity contribution in [1.82, 2.24) is 14.8 Å². The minimum absolute atomic E-state index is 0.204. The van der Waals surface area contributed by atoms with Crippen LogP contribution in [0.1, 0.15) is 12.5 Å². The van der Waals surface area contributed by atoms with Gasteiger partial charge in [0.15, 0.2) is 0 Å². The molecule has 0 aromatic carbocycles. The lowest BCUT2D eigenvalue weighted by molar-refractivity contribution is -0.110. The van der Waals surface area contributed by atoms with E-state index in [9.17, 15) is 4.79 Å². The van der Waals surface area contributed by atoms with Gasteiger partial charge in [0.2, 0.25) is 0 Å². The van der Waals surface area contributed by atoms with E-state index in [4.69, 9.17) is 11.6 Å². The number of rotatable bonds is 3. The monoisotopic (exact) mass is 289 g/mol. The standard InChI is InChI=1S/C13H12ClN5O/c1-2-19-11(5-6-16-19)15-7-9-8-3-4-10(14)17-12(8)18-13(9)20/h3-7,15H,2H2,1H3,(H,17,18,20). The molecule has 7 heteroatoms. The molecule has 0 saturated heterocycles. The number of aromatic nitrogens is 3. The molecular weight excluding hydrogens is 278 g/mol. The number of fused-ring (bicyclic) bond motifs is 1. The van der Waals surface area contributed by atoms with E-state index in [-0.39, 0.29) is 5.91 Å². The van der Waals surface area contributed by atoms with Crippen LogP contribution < -0.4 is 10.6 Å². The van der Waals surface area contributed by atoms with Gasteiger partial charge in [-0.1, -0.05) is 11.6 Å². The number of hydrogen-bond acceptors (Lipinski definition) is 4. The second kappa shape index (κ2) is 4.97. The van der Waals surface area contributed by atoms with Gasteiger partial charge in [-0.2, -0.15) is 5.10 Å². The van der Waals surface area contributed by atoms with E-state index in [1.807, 2.05) is 13.0 Å². The van der Waals surface area contributed by atoms with Crippen LogP contribution in [0.4, 0.5) is 11.6 Å². The van der Waals surface area contributed by atoms with Crippen LogP contribution in [0.15, 0.2) is 30.6 Å². The average Bonchev–Trinajstić information content (AvgIpc) is 2.99. The fraction of sp³-hybridized carbons (Fsp3) is 0.154. The third-order valence-corrected chi connectivity index (χ3v) is 3.22. The van der Waals surface area contributed by atoms with Crippen molar-refractivity contribution in [3.05, 3.63) is 41.3 Å². The fourth-order valence-corrected chi connectivity index (χ4v) is 2.19. The summed E-state index contributed by atoms with van der Waals surface area (Å²) in [5, 5.41) is 10.3. The van der Waals surface area contributed by atoms with Gasteiger partial charge in [0, 0.05) is 24.4 Å². The van der Waals surface area contributed by atoms with E-state index in [0.29, 0.717) is 16.5 Å². The van der Waals surface area contributed by atoms with Gasteiger partial charge in [-0.3, -0.25) is 4.79 Å². The van der Waals surface area contributed by atoms with Gasteiger partial charge in [0.05, 0.1) is 11.8 Å². The first-order chi connectivity index (χ1) is 9.69. The quantitative estimate of drug-likeness (QED) is 0.672. The zero-order valence-electron chi connectivity index (χ0n) is 10.7. The Kier molecular flexibility index (Phi) is 3.15. The molecule has 0 saturated carbocycles. The van der Waals surface area contributed by atoms with Gasteiger partial charge in [0.1, 0.15) is 16.8 Å². The van der Waals surface area contributed by atoms with Gasteiger partial charge < -0.3 is 10.6 Å². The summed E-state index contributed by atoms with van der Waals surface area (Å²) < 4.78 is 1.80. The summed E-state index contributed by atoms with van der Waals surface area (Å²) in [7, 11) is 0. The van der Waals surface area contributed by atoms with Crippen molar-refractivity contribution in [2.24, 2.45) is 0 Å². The molecule has 3 heterocycles. The van der Waals surface area contributed by atoms with Crippen molar-refractivity contribution < 1.29 is 4.79 Å². The number of nitrogens with zero attached hydrogens (tertiary/aromatic N) is 3. The van der Waals surface area contributed by atoms with E-state index in [2.05, 4.69) is 20.7 Å². The largest absolute Gasteiger partial charge is 0.346 e. The zero-order chi connectivity index (χ0) is 14.1. The maximum Gasteiger partial charge on any atom is 0.259 e. The minimum atomic E-state index is -0.204. The Labute approximate surface area is 120 Å². The Balaban J connectivity index is 1.91. The van der Waals surface area contributed by atoms with Crippen LogP contribution in [0.3, 0.4) is 0 Å². The van der Waals surface area contributed by atoms with Crippen LogP contribution in [0.2, 0.25) is 5.15 Å². The van der Waals surface area contributed by atoms with Crippen LogP contribution in [0.25, 0.3) is 5.57 Å². The highest BCUT2D eigenvalue weighted by atomic mass is 35.5. The van der Waals surface area contributed by atoms with Crippen LogP contribution in [0, 0.1) is 0 Å². The number of anilines is 2. The van der Waals surface area contributed by atoms with Crippen molar-refractivity contribution in [2.45, 2.75) is 13.5 Å². The predicted molar refractivity (Wildman–Crippen MR) is 77.4 cm³/mol. The van der Waals surface area contributed by atoms with Crippen LogP contribution in [-0.2, 0) is 11.3 Å². The van der Waals surface area contributed by atoms with Crippen molar-refractivity contribution in [2.75, 3.05) is 10.6 Å². The van der Waals surface area contributed by atoms with Gasteiger partial charge in [0.25, 0.3) is 5.91 Å². The van der Waals surface area contributed by atoms with Crippen molar-refractivity contribution in [3.63, 3.8) is 0 Å². The summed E-state index contributed by atoms with van der Waals surface area (Å²) in [5.74, 6) is 1.10. The maximum absolute atomic E-state index is 11.9. The Bertz CT molecular complexity index is 707. The lowest BCUT2D eigenvalue weighted by atomic mass is 10.1. The molecule has 0 unspecified atom stereocenters. The van der Waals surface area contributed by atoms with E-state index in [1.165, 1.54) is 0 Å². The summed E-state index contributed by atoms with van der Waals surface area (Å²) in [6, 6.07) is 5.27. The molecule has 2 aromatic heterocycles. The third kappa shape index (κ3) is 2.14. The highest BCUT2D eigenvalue weighted by Gasteiger charge is 2.25. The molecule has 20 heavy (non-hydrogen) atoms. The SMILES string of the molecule is CCn1nccc1NC=C1C(=O)Nc2nc(Cl)ccc21. The topological polar surface area (TPSA) is 71.8 Å². The molecule has 1 aliphatic rings. The van der Waals surface area contributed by atoms with Crippen molar-refractivity contribution in [3.8, 4) is 0 Å². The van der Waals surface area contributed by atoms with E-state index in [0.717, 1.165) is 17.9 Å². The number of halogens is 1. The number of carbonyl (C=O) groups is 1. The molecule has 2 N–H and O–H groups in total. The first kappa shape index (κ1) is 12.7. The summed E-state index contributed by atoms with van der Waals surface area (Å²) in [6.07, 6.45) is 3.36. The summed E-state index contributed by atoms with van der Waals surface area (Å²) in [6.45, 7) is 2.74. The van der Waals surface area contributed by atoms with Crippen LogP contribution >= 0.6 is 11.6 Å². The summed E-state index contributed by atoms with van der Waals surface area (Å²) >= 11 is 5.81. The number of pyridine rings is 1. The van der Waals surface area contributed by atoms with Gasteiger partial charge in [-0.25, -0.2) is 9.67 Å². The molecule has 3 rings (SSSR count). The summed E-state index contributed by atoms with van der Waals surface area (Å²) in [4.78, 5) is 16.0. The van der Waals surface area contributed by atoms with Crippen molar-refractivity contribution >= 4 is 34.7 Å². The number of carbonyl (C=O) groups excluding carboxylic acids is 1. The Hall–Kier alpha value is -2.34. The van der Waals surface area contributed by atoms with Gasteiger partial charge >= 0.3 is 0 Å². The molecule has 0 atom stereocenters. The molecule has 1 amide bonds. The van der Waals surface area contributed by atoms with Gasteiger partial charge in [-0.15, -0.1) is 0 Å². The second-order valence-electron chi connectivity index (χ2n) is 4.22. The fourth-order valence-electron chi connectivity index (χ4n) is 2.04. The summed E-state index contributed by atoms with van der Waals surface area (Å²) in [5.41, 5.74) is 1.25. The van der Waals surface area contributed by atoms with Crippen LogP contribution in [0.5, 0.6) is 0 Å². The molecule has 102 valence electrons.